The Kier molecular flexibility index (Phi) is 3.65. The molecule has 2 aliphatic carbocycles. The Hall–Kier alpha value is -0.740. The molecule has 120 valence electrons. The maximum absolute atomic E-state index is 6.19. The van der Waals surface area contributed by atoms with Crippen LogP contribution in [0, 0.1) is 5.41 Å². The van der Waals surface area contributed by atoms with E-state index in [1.165, 1.54) is 50.5 Å². The maximum Gasteiger partial charge on any atom is 0.175 e. The zero-order valence-corrected chi connectivity index (χ0v) is 14.6. The average molecular weight is 366 g/mol. The van der Waals surface area contributed by atoms with Gasteiger partial charge in [-0.2, -0.15) is 0 Å². The quantitative estimate of drug-likeness (QED) is 0.855. The van der Waals surface area contributed by atoms with Crippen LogP contribution in [-0.4, -0.2) is 19.8 Å². The van der Waals surface area contributed by atoms with Crippen molar-refractivity contribution in [3.63, 3.8) is 0 Å². The predicted molar refractivity (Wildman–Crippen MR) is 90.6 cm³/mol. The molecule has 0 aromatic heterocycles. The van der Waals surface area contributed by atoms with E-state index in [0.717, 1.165) is 29.2 Å². The highest BCUT2D eigenvalue weighted by molar-refractivity contribution is 9.10. The van der Waals surface area contributed by atoms with E-state index < -0.39 is 0 Å². The van der Waals surface area contributed by atoms with Gasteiger partial charge < -0.3 is 15.2 Å². The standard InChI is InChI=1S/C18H24BrNO2/c19-14-8-13(18(10-20)4-2-1-3-5-18)9-15-16(14)22-12-17(6-7-17)11-21-15/h8-9H,1-7,10-12,20H2. The van der Waals surface area contributed by atoms with Gasteiger partial charge in [-0.15, -0.1) is 0 Å². The Balaban J connectivity index is 1.70. The van der Waals surface area contributed by atoms with Gasteiger partial charge in [0.15, 0.2) is 11.5 Å². The van der Waals surface area contributed by atoms with Gasteiger partial charge in [-0.05, 0) is 59.3 Å². The minimum Gasteiger partial charge on any atom is -0.489 e. The summed E-state index contributed by atoms with van der Waals surface area (Å²) in [7, 11) is 0. The molecule has 0 saturated heterocycles. The third-order valence-electron chi connectivity index (χ3n) is 5.84. The number of halogens is 1. The van der Waals surface area contributed by atoms with E-state index in [2.05, 4.69) is 28.1 Å². The smallest absolute Gasteiger partial charge is 0.175 e. The molecule has 4 rings (SSSR count). The fraction of sp³-hybridized carbons (Fsp3) is 0.667. The van der Waals surface area contributed by atoms with Gasteiger partial charge >= 0.3 is 0 Å². The lowest BCUT2D eigenvalue weighted by Gasteiger charge is -2.37. The van der Waals surface area contributed by atoms with Crippen molar-refractivity contribution >= 4 is 15.9 Å². The van der Waals surface area contributed by atoms with Gasteiger partial charge in [-0.3, -0.25) is 0 Å². The van der Waals surface area contributed by atoms with Gasteiger partial charge in [0.05, 0.1) is 17.7 Å². The lowest BCUT2D eigenvalue weighted by Crippen LogP contribution is -2.37. The molecule has 22 heavy (non-hydrogen) atoms. The fourth-order valence-corrected chi connectivity index (χ4v) is 4.48. The lowest BCUT2D eigenvalue weighted by molar-refractivity contribution is 0.196. The summed E-state index contributed by atoms with van der Waals surface area (Å²) in [6, 6.07) is 4.41. The van der Waals surface area contributed by atoms with Crippen LogP contribution in [0.1, 0.15) is 50.5 Å². The van der Waals surface area contributed by atoms with Crippen molar-refractivity contribution in [2.24, 2.45) is 11.1 Å². The van der Waals surface area contributed by atoms with Gasteiger partial charge in [0.2, 0.25) is 0 Å². The number of hydrogen-bond acceptors (Lipinski definition) is 3. The lowest BCUT2D eigenvalue weighted by atomic mass is 9.69. The van der Waals surface area contributed by atoms with Crippen LogP contribution in [0.2, 0.25) is 0 Å². The van der Waals surface area contributed by atoms with E-state index >= 15 is 0 Å². The summed E-state index contributed by atoms with van der Waals surface area (Å²) >= 11 is 3.70. The summed E-state index contributed by atoms with van der Waals surface area (Å²) < 4.78 is 13.2. The first-order valence-electron chi connectivity index (χ1n) is 8.46. The molecule has 2 fully saturated rings. The van der Waals surface area contributed by atoms with Crippen molar-refractivity contribution in [2.45, 2.75) is 50.4 Å². The number of hydrogen-bond donors (Lipinski definition) is 1. The fourth-order valence-electron chi connectivity index (χ4n) is 3.92. The van der Waals surface area contributed by atoms with Gasteiger partial charge in [-0.1, -0.05) is 19.3 Å². The van der Waals surface area contributed by atoms with E-state index in [4.69, 9.17) is 15.2 Å². The molecule has 0 radical (unpaired) electrons. The molecule has 1 aromatic carbocycles. The van der Waals surface area contributed by atoms with Crippen molar-refractivity contribution < 1.29 is 9.47 Å². The molecule has 1 aromatic rings. The molecule has 0 atom stereocenters. The topological polar surface area (TPSA) is 44.5 Å². The minimum absolute atomic E-state index is 0.114. The van der Waals surface area contributed by atoms with Crippen molar-refractivity contribution in [1.29, 1.82) is 0 Å². The molecule has 2 N–H and O–H groups in total. The predicted octanol–water partition coefficient (Wildman–Crippen LogP) is 4.16. The summed E-state index contributed by atoms with van der Waals surface area (Å²) in [5.74, 6) is 1.77. The molecule has 0 bridgehead atoms. The Morgan fingerprint density at radius 3 is 2.41 bits per heavy atom. The molecular formula is C18H24BrNO2. The second kappa shape index (κ2) is 5.41. The van der Waals surface area contributed by atoms with Crippen LogP contribution in [0.5, 0.6) is 11.5 Å². The number of benzene rings is 1. The van der Waals surface area contributed by atoms with E-state index in [-0.39, 0.29) is 10.8 Å². The highest BCUT2D eigenvalue weighted by Gasteiger charge is 2.46. The third kappa shape index (κ3) is 2.44. The minimum atomic E-state index is 0.114. The maximum atomic E-state index is 6.19. The largest absolute Gasteiger partial charge is 0.489 e. The molecule has 3 aliphatic rings. The van der Waals surface area contributed by atoms with E-state index in [1.54, 1.807) is 0 Å². The van der Waals surface area contributed by atoms with Crippen LogP contribution < -0.4 is 15.2 Å². The number of rotatable bonds is 2. The Labute approximate surface area is 140 Å². The van der Waals surface area contributed by atoms with Crippen LogP contribution in [0.4, 0.5) is 0 Å². The van der Waals surface area contributed by atoms with Crippen molar-refractivity contribution in [1.82, 2.24) is 0 Å². The highest BCUT2D eigenvalue weighted by atomic mass is 79.9. The summed E-state index contributed by atoms with van der Waals surface area (Å²) in [5.41, 5.74) is 7.90. The second-order valence-corrected chi connectivity index (χ2v) is 8.26. The average Bonchev–Trinajstić information content (AvgIpc) is 3.35. The molecule has 4 heteroatoms. The highest BCUT2D eigenvalue weighted by Crippen LogP contribution is 2.51. The first-order valence-corrected chi connectivity index (χ1v) is 9.26. The van der Waals surface area contributed by atoms with E-state index in [1.807, 2.05) is 0 Å². The molecule has 3 nitrogen and oxygen atoms in total. The molecule has 0 amide bonds. The summed E-state index contributed by atoms with van der Waals surface area (Å²) in [4.78, 5) is 0. The van der Waals surface area contributed by atoms with E-state index in [0.29, 0.717) is 6.54 Å². The van der Waals surface area contributed by atoms with Gasteiger partial charge in [0.1, 0.15) is 0 Å². The summed E-state index contributed by atoms with van der Waals surface area (Å²) in [6.45, 7) is 2.27. The molecule has 1 heterocycles. The van der Waals surface area contributed by atoms with Crippen molar-refractivity contribution in [3.8, 4) is 11.5 Å². The first kappa shape index (κ1) is 14.8. The third-order valence-corrected chi connectivity index (χ3v) is 6.43. The zero-order chi connectivity index (χ0) is 15.2. The van der Waals surface area contributed by atoms with Crippen LogP contribution in [0.25, 0.3) is 0 Å². The monoisotopic (exact) mass is 365 g/mol. The molecular weight excluding hydrogens is 342 g/mol. The van der Waals surface area contributed by atoms with Crippen LogP contribution in [0.15, 0.2) is 16.6 Å². The molecule has 0 unspecified atom stereocenters. The molecule has 1 spiro atoms. The summed E-state index contributed by atoms with van der Waals surface area (Å²) in [5, 5.41) is 0. The normalized spacial score (nSPS) is 24.8. The zero-order valence-electron chi connectivity index (χ0n) is 13.0. The van der Waals surface area contributed by atoms with Crippen molar-refractivity contribution in [2.75, 3.05) is 19.8 Å². The first-order chi connectivity index (χ1) is 10.7. The number of ether oxygens (including phenoxy) is 2. The van der Waals surface area contributed by atoms with Crippen LogP contribution in [0.3, 0.4) is 0 Å². The van der Waals surface area contributed by atoms with Crippen LogP contribution >= 0.6 is 15.9 Å². The van der Waals surface area contributed by atoms with Gasteiger partial charge in [0.25, 0.3) is 0 Å². The second-order valence-electron chi connectivity index (χ2n) is 7.41. The van der Waals surface area contributed by atoms with Crippen molar-refractivity contribution in [3.05, 3.63) is 22.2 Å². The molecule has 2 saturated carbocycles. The summed E-state index contributed by atoms with van der Waals surface area (Å²) in [6.07, 6.45) is 8.67. The van der Waals surface area contributed by atoms with Crippen LogP contribution in [-0.2, 0) is 5.41 Å². The van der Waals surface area contributed by atoms with Gasteiger partial charge in [-0.25, -0.2) is 0 Å². The number of fused-ring (bicyclic) bond motifs is 1. The Bertz CT molecular complexity index is 577. The Morgan fingerprint density at radius 1 is 1.00 bits per heavy atom. The SMILES string of the molecule is NCC1(c2cc(Br)c3c(c2)OCC2(CC2)CO3)CCCCC1. The molecule has 1 aliphatic heterocycles. The Morgan fingerprint density at radius 2 is 1.73 bits per heavy atom. The number of nitrogens with two attached hydrogens (primary N) is 1. The van der Waals surface area contributed by atoms with Gasteiger partial charge in [0, 0.05) is 17.4 Å². The van der Waals surface area contributed by atoms with E-state index in [9.17, 15) is 0 Å².